The number of carboxylic acids is 1. The van der Waals surface area contributed by atoms with Gasteiger partial charge in [0.05, 0.1) is 0 Å². The van der Waals surface area contributed by atoms with Crippen molar-refractivity contribution in [2.24, 2.45) is 5.92 Å². The molecule has 1 unspecified atom stereocenters. The SMILES string of the molecule is CSCCN(CC(=O)O)C(=O)C(CCC(C)C)NC(=O)OCC1c2ccccc2-c2ccccc21. The van der Waals surface area contributed by atoms with Crippen LogP contribution in [0.15, 0.2) is 48.5 Å². The summed E-state index contributed by atoms with van der Waals surface area (Å²) in [5.41, 5.74) is 4.50. The van der Waals surface area contributed by atoms with E-state index in [9.17, 15) is 19.5 Å². The molecule has 1 aliphatic rings. The van der Waals surface area contributed by atoms with Crippen molar-refractivity contribution in [1.82, 2.24) is 10.2 Å². The van der Waals surface area contributed by atoms with Gasteiger partial charge in [-0.2, -0.15) is 11.8 Å². The first-order valence-electron chi connectivity index (χ1n) is 11.9. The molecule has 1 atom stereocenters. The molecule has 2 aromatic carbocycles. The second-order valence-electron chi connectivity index (χ2n) is 9.14. The summed E-state index contributed by atoms with van der Waals surface area (Å²) in [4.78, 5) is 38.6. The van der Waals surface area contributed by atoms with Gasteiger partial charge in [-0.3, -0.25) is 9.59 Å². The Bertz CT molecular complexity index is 996. The highest BCUT2D eigenvalue weighted by molar-refractivity contribution is 7.98. The van der Waals surface area contributed by atoms with Gasteiger partial charge in [-0.25, -0.2) is 4.79 Å². The summed E-state index contributed by atoms with van der Waals surface area (Å²) >= 11 is 1.53. The van der Waals surface area contributed by atoms with Gasteiger partial charge < -0.3 is 20.1 Å². The van der Waals surface area contributed by atoms with Crippen LogP contribution in [0.2, 0.25) is 0 Å². The molecule has 2 amide bonds. The van der Waals surface area contributed by atoms with Crippen LogP contribution in [0.1, 0.15) is 43.7 Å². The lowest BCUT2D eigenvalue weighted by molar-refractivity contribution is -0.145. The van der Waals surface area contributed by atoms with Crippen LogP contribution < -0.4 is 5.32 Å². The Morgan fingerprint density at radius 3 is 2.17 bits per heavy atom. The number of rotatable bonds is 12. The van der Waals surface area contributed by atoms with Gasteiger partial charge in [0.1, 0.15) is 19.2 Å². The zero-order valence-corrected chi connectivity index (χ0v) is 21.3. The number of nitrogens with one attached hydrogen (secondary N) is 1. The van der Waals surface area contributed by atoms with Crippen molar-refractivity contribution in [2.45, 2.75) is 38.6 Å². The molecule has 0 aliphatic heterocycles. The van der Waals surface area contributed by atoms with Gasteiger partial charge in [0.2, 0.25) is 5.91 Å². The molecule has 0 radical (unpaired) electrons. The van der Waals surface area contributed by atoms with Gasteiger partial charge in [0.15, 0.2) is 0 Å². The fourth-order valence-corrected chi connectivity index (χ4v) is 4.79. The van der Waals surface area contributed by atoms with Crippen molar-refractivity contribution >= 4 is 29.7 Å². The summed E-state index contributed by atoms with van der Waals surface area (Å²) in [5.74, 6) is -0.614. The molecule has 35 heavy (non-hydrogen) atoms. The van der Waals surface area contributed by atoms with E-state index in [1.165, 1.54) is 16.7 Å². The number of alkyl carbamates (subject to hydrolysis) is 1. The number of ether oxygens (including phenoxy) is 1. The first-order chi connectivity index (χ1) is 16.8. The standard InChI is InChI=1S/C27H34N2O5S/c1-18(2)12-13-24(26(32)29(14-15-35-3)16-25(30)31)28-27(33)34-17-23-21-10-6-4-8-19(21)20-9-5-7-11-22(20)23/h4-11,18,23-24H,12-17H2,1-3H3,(H,28,33)(H,30,31). The van der Waals surface area contributed by atoms with Crippen molar-refractivity contribution in [1.29, 1.82) is 0 Å². The maximum Gasteiger partial charge on any atom is 0.407 e. The Morgan fingerprint density at radius 1 is 1.03 bits per heavy atom. The van der Waals surface area contributed by atoms with E-state index in [0.717, 1.165) is 22.3 Å². The van der Waals surface area contributed by atoms with Crippen LogP contribution in [0.25, 0.3) is 11.1 Å². The number of carbonyl (C=O) groups is 3. The third-order valence-corrected chi connectivity index (χ3v) is 6.76. The minimum atomic E-state index is -1.08. The minimum Gasteiger partial charge on any atom is -0.480 e. The number of thioether (sulfide) groups is 1. The van der Waals surface area contributed by atoms with Gasteiger partial charge in [0, 0.05) is 18.2 Å². The molecule has 0 fully saturated rings. The molecule has 0 saturated carbocycles. The number of carbonyl (C=O) groups excluding carboxylic acids is 2. The Hall–Kier alpha value is -3.00. The van der Waals surface area contributed by atoms with Crippen LogP contribution in [0, 0.1) is 5.92 Å². The fourth-order valence-electron chi connectivity index (χ4n) is 4.39. The second-order valence-corrected chi connectivity index (χ2v) is 10.1. The van der Waals surface area contributed by atoms with Gasteiger partial charge in [-0.15, -0.1) is 0 Å². The third-order valence-electron chi connectivity index (χ3n) is 6.17. The lowest BCUT2D eigenvalue weighted by Crippen LogP contribution is -2.50. The third kappa shape index (κ3) is 7.01. The van der Waals surface area contributed by atoms with Crippen molar-refractivity contribution in [3.8, 4) is 11.1 Å². The Kier molecular flexibility index (Phi) is 9.60. The fraction of sp³-hybridized carbons (Fsp3) is 0.444. The van der Waals surface area contributed by atoms with Gasteiger partial charge >= 0.3 is 12.1 Å². The highest BCUT2D eigenvalue weighted by Gasteiger charge is 2.31. The average Bonchev–Trinajstić information content (AvgIpc) is 3.16. The molecule has 8 heteroatoms. The monoisotopic (exact) mass is 498 g/mol. The lowest BCUT2D eigenvalue weighted by atomic mass is 9.98. The van der Waals surface area contributed by atoms with E-state index < -0.39 is 30.6 Å². The van der Waals surface area contributed by atoms with Crippen LogP contribution in [0.3, 0.4) is 0 Å². The quantitative estimate of drug-likeness (QED) is 0.444. The lowest BCUT2D eigenvalue weighted by Gasteiger charge is -2.27. The summed E-state index contributed by atoms with van der Waals surface area (Å²) in [5, 5.41) is 12.0. The van der Waals surface area contributed by atoms with E-state index >= 15 is 0 Å². The summed E-state index contributed by atoms with van der Waals surface area (Å²) < 4.78 is 5.63. The molecular formula is C27H34N2O5S. The molecule has 0 spiro atoms. The van der Waals surface area contributed by atoms with Gasteiger partial charge in [0.25, 0.3) is 0 Å². The Morgan fingerprint density at radius 2 is 1.63 bits per heavy atom. The van der Waals surface area contributed by atoms with E-state index in [4.69, 9.17) is 4.74 Å². The molecular weight excluding hydrogens is 464 g/mol. The minimum absolute atomic E-state index is 0.0805. The van der Waals surface area contributed by atoms with Crippen molar-refractivity contribution in [3.63, 3.8) is 0 Å². The Labute approximate surface area is 211 Å². The highest BCUT2D eigenvalue weighted by Crippen LogP contribution is 2.44. The van der Waals surface area contributed by atoms with Crippen LogP contribution in [-0.4, -0.2) is 65.7 Å². The van der Waals surface area contributed by atoms with Crippen molar-refractivity contribution in [3.05, 3.63) is 59.7 Å². The smallest absolute Gasteiger partial charge is 0.407 e. The summed E-state index contributed by atoms with van der Waals surface area (Å²) in [6.07, 6.45) is 2.35. The summed E-state index contributed by atoms with van der Waals surface area (Å²) in [6.45, 7) is 4.13. The zero-order valence-electron chi connectivity index (χ0n) is 20.5. The molecule has 188 valence electrons. The predicted octanol–water partition coefficient (Wildman–Crippen LogP) is 4.61. The number of hydrogen-bond donors (Lipinski definition) is 2. The zero-order chi connectivity index (χ0) is 25.4. The summed E-state index contributed by atoms with van der Waals surface area (Å²) in [7, 11) is 0. The van der Waals surface area contributed by atoms with Crippen LogP contribution in [0.4, 0.5) is 4.79 Å². The summed E-state index contributed by atoms with van der Waals surface area (Å²) in [6, 6.07) is 15.3. The van der Waals surface area contributed by atoms with Crippen LogP contribution >= 0.6 is 11.8 Å². The topological polar surface area (TPSA) is 95.9 Å². The molecule has 3 rings (SSSR count). The first kappa shape index (κ1) is 26.6. The molecule has 7 nitrogen and oxygen atoms in total. The van der Waals surface area contributed by atoms with Crippen molar-refractivity contribution in [2.75, 3.05) is 31.7 Å². The Balaban J connectivity index is 1.70. The van der Waals surface area contributed by atoms with E-state index in [2.05, 4.69) is 17.4 Å². The largest absolute Gasteiger partial charge is 0.480 e. The molecule has 0 aromatic heterocycles. The number of carboxylic acid groups (broad SMARTS) is 1. The molecule has 1 aliphatic carbocycles. The molecule has 2 N–H and O–H groups in total. The number of benzene rings is 2. The van der Waals surface area contributed by atoms with E-state index in [-0.39, 0.29) is 12.5 Å². The molecule has 0 saturated heterocycles. The maximum absolute atomic E-state index is 13.2. The average molecular weight is 499 g/mol. The van der Waals surface area contributed by atoms with Gasteiger partial charge in [-0.05, 0) is 47.3 Å². The molecule has 0 bridgehead atoms. The van der Waals surface area contributed by atoms with Crippen LogP contribution in [-0.2, 0) is 14.3 Å². The predicted molar refractivity (Wildman–Crippen MR) is 139 cm³/mol. The second kappa shape index (κ2) is 12.6. The molecule has 2 aromatic rings. The van der Waals surface area contributed by atoms with E-state index in [0.29, 0.717) is 31.1 Å². The number of nitrogens with zero attached hydrogens (tertiary/aromatic N) is 1. The maximum atomic E-state index is 13.2. The number of fused-ring (bicyclic) bond motifs is 3. The number of hydrogen-bond acceptors (Lipinski definition) is 5. The van der Waals surface area contributed by atoms with Crippen molar-refractivity contribution < 1.29 is 24.2 Å². The van der Waals surface area contributed by atoms with Crippen LogP contribution in [0.5, 0.6) is 0 Å². The normalized spacial score (nSPS) is 13.1. The highest BCUT2D eigenvalue weighted by atomic mass is 32.2. The number of aliphatic carboxylic acids is 1. The van der Waals surface area contributed by atoms with E-state index in [1.54, 1.807) is 0 Å². The number of amides is 2. The molecule has 0 heterocycles. The van der Waals surface area contributed by atoms with E-state index in [1.807, 2.05) is 56.5 Å². The first-order valence-corrected chi connectivity index (χ1v) is 13.3. The van der Waals surface area contributed by atoms with Gasteiger partial charge in [-0.1, -0.05) is 62.4 Å².